The molecule has 5 unspecified atom stereocenters. The molecule has 274 valence electrons. The number of benzene rings is 2. The molecule has 4 aliphatic heterocycles. The van der Waals surface area contributed by atoms with Crippen LogP contribution in [-0.4, -0.2) is 91.7 Å². The molecule has 2 aliphatic carbocycles. The average molecular weight is 726 g/mol. The maximum Gasteiger partial charge on any atom is 0.303 e. The summed E-state index contributed by atoms with van der Waals surface area (Å²) in [7, 11) is 0.452. The van der Waals surface area contributed by atoms with E-state index in [1.165, 1.54) is 26.1 Å². The van der Waals surface area contributed by atoms with Gasteiger partial charge >= 0.3 is 10.2 Å². The molecule has 1 N–H and O–H groups in total. The Hall–Kier alpha value is -4.16. The predicted molar refractivity (Wildman–Crippen MR) is 197 cm³/mol. The van der Waals surface area contributed by atoms with E-state index < -0.39 is 21.5 Å². The van der Waals surface area contributed by atoms with Crippen molar-refractivity contribution >= 4 is 38.8 Å². The second-order valence-corrected chi connectivity index (χ2v) is 18.2. The average Bonchev–Trinajstić information content (AvgIpc) is 3.81. The molecule has 2 bridgehead atoms. The standard InChI is InChI=1S/C40H47N5O6S/c1-42(2)52(49,50)41-38(47)26-12-14-30-34(17-26)45-23-40(39(48)43-20-24-16-27(22-43)33-10-7-11-35(46)44(33)21-24)19-32(40)31-18-28(51-3)13-15-29(31)37(45)36(30)25-8-5-4-6-9-25/h7,11-15,17-18,24-25,27,32-33H,4-6,8-10,16,19-23H2,1-3H3,(H,41,47). The quantitative estimate of drug-likeness (QED) is 0.381. The highest BCUT2D eigenvalue weighted by molar-refractivity contribution is 7.87. The van der Waals surface area contributed by atoms with Crippen molar-refractivity contribution in [1.82, 2.24) is 23.4 Å². The molecule has 52 heavy (non-hydrogen) atoms. The second kappa shape index (κ2) is 12.2. The molecule has 2 aromatic carbocycles. The third-order valence-electron chi connectivity index (χ3n) is 13.1. The number of nitrogens with one attached hydrogen (secondary N) is 1. The van der Waals surface area contributed by atoms with E-state index >= 15 is 4.79 Å². The molecule has 5 heterocycles. The van der Waals surface area contributed by atoms with Gasteiger partial charge in [0, 0.05) is 74.3 Å². The Balaban J connectivity index is 1.17. The van der Waals surface area contributed by atoms with Gasteiger partial charge in [0.25, 0.3) is 5.91 Å². The Bertz CT molecular complexity index is 2150. The van der Waals surface area contributed by atoms with Gasteiger partial charge in [-0.3, -0.25) is 14.4 Å². The summed E-state index contributed by atoms with van der Waals surface area (Å²) in [4.78, 5) is 45.6. The molecule has 1 aromatic heterocycles. The van der Waals surface area contributed by atoms with E-state index in [0.29, 0.717) is 38.5 Å². The molecule has 0 radical (unpaired) electrons. The maximum absolute atomic E-state index is 15.2. The predicted octanol–water partition coefficient (Wildman–Crippen LogP) is 5.02. The third-order valence-corrected chi connectivity index (χ3v) is 14.5. The summed E-state index contributed by atoms with van der Waals surface area (Å²) in [6.07, 6.45) is 11.9. The molecule has 3 amide bonds. The molecule has 5 atom stereocenters. The van der Waals surface area contributed by atoms with Crippen molar-refractivity contribution in [2.24, 2.45) is 17.3 Å². The van der Waals surface area contributed by atoms with Crippen LogP contribution in [0.2, 0.25) is 0 Å². The largest absolute Gasteiger partial charge is 0.497 e. The first kappa shape index (κ1) is 33.7. The van der Waals surface area contributed by atoms with E-state index in [-0.39, 0.29) is 41.2 Å². The molecule has 2 saturated heterocycles. The fourth-order valence-corrected chi connectivity index (χ4v) is 11.0. The molecule has 4 fully saturated rings. The monoisotopic (exact) mass is 725 g/mol. The minimum atomic E-state index is -3.99. The molecule has 11 nitrogen and oxygen atoms in total. The number of amides is 3. The van der Waals surface area contributed by atoms with E-state index in [1.54, 1.807) is 19.3 Å². The molecular weight excluding hydrogens is 679 g/mol. The molecular formula is C40H47N5O6S. The Labute approximate surface area is 305 Å². The van der Waals surface area contributed by atoms with E-state index in [4.69, 9.17) is 4.74 Å². The van der Waals surface area contributed by atoms with Gasteiger partial charge in [0.1, 0.15) is 5.75 Å². The van der Waals surface area contributed by atoms with E-state index in [1.807, 2.05) is 29.2 Å². The van der Waals surface area contributed by atoms with Crippen LogP contribution in [0.25, 0.3) is 22.2 Å². The lowest BCUT2D eigenvalue weighted by atomic mass is 9.76. The van der Waals surface area contributed by atoms with Gasteiger partial charge < -0.3 is 19.1 Å². The molecule has 6 aliphatic rings. The van der Waals surface area contributed by atoms with Gasteiger partial charge in [-0.25, -0.2) is 4.72 Å². The zero-order chi connectivity index (χ0) is 36.1. The number of methoxy groups -OCH3 is 1. The highest BCUT2D eigenvalue weighted by Gasteiger charge is 2.64. The summed E-state index contributed by atoms with van der Waals surface area (Å²) in [6, 6.07) is 11.9. The van der Waals surface area contributed by atoms with Gasteiger partial charge in [-0.05, 0) is 97.4 Å². The number of piperidine rings is 2. The van der Waals surface area contributed by atoms with Gasteiger partial charge in [0.2, 0.25) is 11.8 Å². The van der Waals surface area contributed by atoms with Gasteiger partial charge in [-0.15, -0.1) is 0 Å². The van der Waals surface area contributed by atoms with Crippen LogP contribution in [-0.2, 0) is 26.3 Å². The lowest BCUT2D eigenvalue weighted by Crippen LogP contribution is -2.61. The fraction of sp³-hybridized carbons (Fsp3) is 0.525. The van der Waals surface area contributed by atoms with Gasteiger partial charge in [-0.2, -0.15) is 12.7 Å². The van der Waals surface area contributed by atoms with Crippen LogP contribution in [0.5, 0.6) is 5.75 Å². The normalized spacial score (nSPS) is 28.1. The number of hydrogen-bond acceptors (Lipinski definition) is 6. The van der Waals surface area contributed by atoms with Crippen molar-refractivity contribution in [3.05, 3.63) is 65.2 Å². The fourth-order valence-electron chi connectivity index (χ4n) is 10.5. The summed E-state index contributed by atoms with van der Waals surface area (Å²) in [5.41, 5.74) is 5.04. The SMILES string of the molecule is COc1ccc2c(c1)C1CC1(C(=O)N1CC3CC(C1)C1CC=CC(=O)N1C3)Cn1c-2c(C2CCCCC2)c2ccc(C(=O)NS(=O)(=O)N(C)C)cc21. The van der Waals surface area contributed by atoms with Gasteiger partial charge in [0.05, 0.1) is 18.2 Å². The summed E-state index contributed by atoms with van der Waals surface area (Å²) < 4.78 is 36.5. The van der Waals surface area contributed by atoms with Gasteiger partial charge in [0.15, 0.2) is 0 Å². The van der Waals surface area contributed by atoms with Crippen LogP contribution in [0.3, 0.4) is 0 Å². The van der Waals surface area contributed by atoms with Crippen molar-refractivity contribution in [2.45, 2.75) is 75.8 Å². The molecule has 3 aromatic rings. The number of fused-ring (bicyclic) bond motifs is 11. The topological polar surface area (TPSA) is 121 Å². The summed E-state index contributed by atoms with van der Waals surface area (Å²) in [5.74, 6) is 1.17. The van der Waals surface area contributed by atoms with Crippen molar-refractivity contribution in [2.75, 3.05) is 40.8 Å². The minimum Gasteiger partial charge on any atom is -0.497 e. The maximum atomic E-state index is 15.2. The summed E-state index contributed by atoms with van der Waals surface area (Å²) in [6.45, 7) is 2.45. The number of hydrogen-bond donors (Lipinski definition) is 1. The van der Waals surface area contributed by atoms with Crippen molar-refractivity contribution in [3.8, 4) is 17.0 Å². The first-order chi connectivity index (χ1) is 25.0. The van der Waals surface area contributed by atoms with Crippen LogP contribution in [0.15, 0.2) is 48.6 Å². The Morgan fingerprint density at radius 3 is 2.60 bits per heavy atom. The second-order valence-electron chi connectivity index (χ2n) is 16.3. The number of aromatic nitrogens is 1. The van der Waals surface area contributed by atoms with Crippen molar-refractivity contribution < 1.29 is 27.5 Å². The number of rotatable bonds is 6. The number of nitrogens with zero attached hydrogens (tertiary/aromatic N) is 4. The van der Waals surface area contributed by atoms with E-state index in [2.05, 4.69) is 26.3 Å². The third kappa shape index (κ3) is 5.22. The summed E-state index contributed by atoms with van der Waals surface area (Å²) in [5, 5.41) is 1.06. The zero-order valence-electron chi connectivity index (χ0n) is 30.1. The van der Waals surface area contributed by atoms with Crippen LogP contribution < -0.4 is 9.46 Å². The first-order valence-corrected chi connectivity index (χ1v) is 20.3. The van der Waals surface area contributed by atoms with E-state index in [0.717, 1.165) is 76.3 Å². The Morgan fingerprint density at radius 2 is 1.83 bits per heavy atom. The number of ether oxygens (including phenoxy) is 1. The number of likely N-dealkylation sites (tertiary alicyclic amines) is 1. The van der Waals surface area contributed by atoms with Crippen LogP contribution >= 0.6 is 0 Å². The molecule has 2 saturated carbocycles. The Morgan fingerprint density at radius 1 is 1.02 bits per heavy atom. The zero-order valence-corrected chi connectivity index (χ0v) is 31.0. The van der Waals surface area contributed by atoms with Crippen LogP contribution in [0, 0.1) is 17.3 Å². The molecule has 12 heteroatoms. The number of carbonyl (C=O) groups is 3. The highest BCUT2D eigenvalue weighted by atomic mass is 32.2. The van der Waals surface area contributed by atoms with E-state index in [9.17, 15) is 18.0 Å². The minimum absolute atomic E-state index is 0.00780. The van der Waals surface area contributed by atoms with Crippen molar-refractivity contribution in [1.29, 1.82) is 0 Å². The Kier molecular flexibility index (Phi) is 7.89. The van der Waals surface area contributed by atoms with Crippen molar-refractivity contribution in [3.63, 3.8) is 0 Å². The van der Waals surface area contributed by atoms with Crippen LogP contribution in [0.1, 0.15) is 84.7 Å². The van der Waals surface area contributed by atoms with Gasteiger partial charge in [-0.1, -0.05) is 31.4 Å². The number of carbonyl (C=O) groups excluding carboxylic acids is 3. The lowest BCUT2D eigenvalue weighted by molar-refractivity contribution is -0.147. The van der Waals surface area contributed by atoms with Crippen LogP contribution in [0.4, 0.5) is 0 Å². The lowest BCUT2D eigenvalue weighted by Gasteiger charge is -2.51. The smallest absolute Gasteiger partial charge is 0.303 e. The summed E-state index contributed by atoms with van der Waals surface area (Å²) >= 11 is 0. The molecule has 9 rings (SSSR count). The highest BCUT2D eigenvalue weighted by Crippen LogP contribution is 2.66. The first-order valence-electron chi connectivity index (χ1n) is 18.8. The molecule has 0 spiro atoms.